The van der Waals surface area contributed by atoms with Crippen LogP contribution >= 0.6 is 11.3 Å². The molecule has 0 saturated carbocycles. The van der Waals surface area contributed by atoms with Gasteiger partial charge in [0, 0.05) is 6.42 Å². The zero-order valence-corrected chi connectivity index (χ0v) is 15.9. The molecule has 4 nitrogen and oxygen atoms in total. The minimum atomic E-state index is -0.0132. The second kappa shape index (κ2) is 7.93. The van der Waals surface area contributed by atoms with Gasteiger partial charge < -0.3 is 0 Å². The monoisotopic (exact) mass is 355 g/mol. The van der Waals surface area contributed by atoms with Crippen molar-refractivity contribution in [3.63, 3.8) is 0 Å². The summed E-state index contributed by atoms with van der Waals surface area (Å²) in [6.07, 6.45) is 0.771. The van der Waals surface area contributed by atoms with E-state index >= 15 is 0 Å². The van der Waals surface area contributed by atoms with Crippen LogP contribution < -0.4 is 0 Å². The van der Waals surface area contributed by atoms with Gasteiger partial charge in [0.15, 0.2) is 0 Å². The van der Waals surface area contributed by atoms with Gasteiger partial charge in [0.25, 0.3) is 5.91 Å². The van der Waals surface area contributed by atoms with Crippen molar-refractivity contribution in [2.45, 2.75) is 33.2 Å². The Kier molecular flexibility index (Phi) is 5.66. The lowest BCUT2D eigenvalue weighted by molar-refractivity contribution is -0.134. The molecule has 1 aliphatic rings. The Morgan fingerprint density at radius 2 is 1.96 bits per heavy atom. The predicted molar refractivity (Wildman–Crippen MR) is 104 cm³/mol. The number of amides is 1. The first-order valence-corrected chi connectivity index (χ1v) is 9.72. The van der Waals surface area contributed by atoms with E-state index in [2.05, 4.69) is 61.4 Å². The smallest absolute Gasteiger partial charge is 0.257 e. The maximum atomic E-state index is 12.9. The molecule has 0 saturated heterocycles. The average Bonchev–Trinajstić information content (AvgIpc) is 3.29. The zero-order chi connectivity index (χ0) is 17.8. The molecular weight excluding hydrogens is 330 g/mol. The van der Waals surface area contributed by atoms with E-state index in [1.165, 1.54) is 5.56 Å². The van der Waals surface area contributed by atoms with Crippen LogP contribution in [0.2, 0.25) is 0 Å². The van der Waals surface area contributed by atoms with Crippen LogP contribution in [-0.2, 0) is 4.79 Å². The van der Waals surface area contributed by atoms with Crippen molar-refractivity contribution >= 4 is 23.0 Å². The molecule has 1 aromatic heterocycles. The molecule has 3 rings (SSSR count). The van der Waals surface area contributed by atoms with Gasteiger partial charge in [0.05, 0.1) is 23.2 Å². The molecule has 0 fully saturated rings. The van der Waals surface area contributed by atoms with Crippen molar-refractivity contribution in [2.75, 3.05) is 19.6 Å². The van der Waals surface area contributed by atoms with Crippen molar-refractivity contribution in [2.24, 2.45) is 5.10 Å². The van der Waals surface area contributed by atoms with Crippen molar-refractivity contribution in [3.05, 3.63) is 57.8 Å². The van der Waals surface area contributed by atoms with Crippen LogP contribution in [0.4, 0.5) is 0 Å². The molecule has 25 heavy (non-hydrogen) atoms. The van der Waals surface area contributed by atoms with Crippen LogP contribution in [0.5, 0.6) is 0 Å². The van der Waals surface area contributed by atoms with E-state index in [4.69, 9.17) is 5.10 Å². The summed E-state index contributed by atoms with van der Waals surface area (Å²) in [5.74, 6) is 0.0702. The molecule has 1 aliphatic heterocycles. The predicted octanol–water partition coefficient (Wildman–Crippen LogP) is 4.08. The van der Waals surface area contributed by atoms with Gasteiger partial charge in [-0.05, 0) is 37.0 Å². The number of aryl methyl sites for hydroxylation is 1. The van der Waals surface area contributed by atoms with Crippen molar-refractivity contribution in [1.29, 1.82) is 0 Å². The van der Waals surface area contributed by atoms with Crippen LogP contribution in [0.25, 0.3) is 0 Å². The fourth-order valence-corrected chi connectivity index (χ4v) is 3.81. The quantitative estimate of drug-likeness (QED) is 0.783. The lowest BCUT2D eigenvalue weighted by Gasteiger charge is -2.25. The fourth-order valence-electron chi connectivity index (χ4n) is 3.09. The Morgan fingerprint density at radius 1 is 1.24 bits per heavy atom. The van der Waals surface area contributed by atoms with E-state index in [-0.39, 0.29) is 11.9 Å². The Morgan fingerprint density at radius 3 is 2.56 bits per heavy atom. The maximum absolute atomic E-state index is 12.9. The Bertz CT molecular complexity index is 733. The summed E-state index contributed by atoms with van der Waals surface area (Å²) in [7, 11) is 0. The molecule has 1 atom stereocenters. The Balaban J connectivity index is 1.87. The average molecular weight is 356 g/mol. The van der Waals surface area contributed by atoms with Gasteiger partial charge in [-0.2, -0.15) is 5.10 Å². The van der Waals surface area contributed by atoms with Gasteiger partial charge in [-0.15, -0.1) is 11.3 Å². The summed E-state index contributed by atoms with van der Waals surface area (Å²) in [6.45, 7) is 8.39. The van der Waals surface area contributed by atoms with Gasteiger partial charge >= 0.3 is 0 Å². The highest BCUT2D eigenvalue weighted by Crippen LogP contribution is 2.34. The van der Waals surface area contributed by atoms with Gasteiger partial charge in [-0.1, -0.05) is 49.7 Å². The standard InChI is InChI=1S/C20H25N3OS/c1-4-22(5-2)14-20(24)23-18(16-10-8-15(3)9-11-16)13-17(21-23)19-7-6-12-25-19/h6-12,18H,4-5,13-14H2,1-3H3/t18-/m1/s1. The van der Waals surface area contributed by atoms with E-state index in [9.17, 15) is 4.79 Å². The molecule has 0 aliphatic carbocycles. The molecule has 0 bridgehead atoms. The SMILES string of the molecule is CCN(CC)CC(=O)N1N=C(c2cccs2)C[C@@H]1c1ccc(C)cc1. The summed E-state index contributed by atoms with van der Waals surface area (Å²) >= 11 is 1.68. The largest absolute Gasteiger partial charge is 0.295 e. The third kappa shape index (κ3) is 3.99. The lowest BCUT2D eigenvalue weighted by Crippen LogP contribution is -2.38. The van der Waals surface area contributed by atoms with Gasteiger partial charge in [0.1, 0.15) is 0 Å². The number of carbonyl (C=O) groups is 1. The highest BCUT2D eigenvalue weighted by atomic mass is 32.1. The zero-order valence-electron chi connectivity index (χ0n) is 15.1. The first kappa shape index (κ1) is 17.8. The molecule has 0 spiro atoms. The van der Waals surface area contributed by atoms with E-state index in [1.807, 2.05) is 6.07 Å². The maximum Gasteiger partial charge on any atom is 0.257 e. The summed E-state index contributed by atoms with van der Waals surface area (Å²) < 4.78 is 0. The second-order valence-corrected chi connectivity index (χ2v) is 7.30. The third-order valence-electron chi connectivity index (χ3n) is 4.69. The van der Waals surface area contributed by atoms with Gasteiger partial charge in [0.2, 0.25) is 0 Å². The summed E-state index contributed by atoms with van der Waals surface area (Å²) in [5.41, 5.74) is 3.38. The minimum absolute atomic E-state index is 0.0132. The number of hydrogen-bond acceptors (Lipinski definition) is 4. The topological polar surface area (TPSA) is 35.9 Å². The van der Waals surface area contributed by atoms with Crippen LogP contribution in [0, 0.1) is 6.92 Å². The first-order valence-electron chi connectivity index (χ1n) is 8.84. The molecule has 132 valence electrons. The molecule has 1 aromatic carbocycles. The van der Waals surface area contributed by atoms with Crippen molar-refractivity contribution in [3.8, 4) is 0 Å². The molecular formula is C20H25N3OS. The number of benzene rings is 1. The lowest BCUT2D eigenvalue weighted by atomic mass is 10.00. The number of thiophene rings is 1. The molecule has 0 unspecified atom stereocenters. The second-order valence-electron chi connectivity index (χ2n) is 6.35. The van der Waals surface area contributed by atoms with E-state index in [1.54, 1.807) is 16.3 Å². The van der Waals surface area contributed by atoms with E-state index in [0.29, 0.717) is 6.54 Å². The van der Waals surface area contributed by atoms with Crippen molar-refractivity contribution < 1.29 is 4.79 Å². The number of hydrazone groups is 1. The van der Waals surface area contributed by atoms with Crippen LogP contribution in [0.1, 0.15) is 42.3 Å². The summed E-state index contributed by atoms with van der Waals surface area (Å²) in [4.78, 5) is 16.2. The number of rotatable bonds is 6. The first-order chi connectivity index (χ1) is 12.1. The number of nitrogens with zero attached hydrogens (tertiary/aromatic N) is 3. The van der Waals surface area contributed by atoms with Crippen LogP contribution in [-0.4, -0.2) is 41.2 Å². The van der Waals surface area contributed by atoms with Crippen molar-refractivity contribution in [1.82, 2.24) is 9.91 Å². The molecule has 1 amide bonds. The minimum Gasteiger partial charge on any atom is -0.295 e. The van der Waals surface area contributed by atoms with E-state index < -0.39 is 0 Å². The van der Waals surface area contributed by atoms with Crippen LogP contribution in [0.15, 0.2) is 46.9 Å². The van der Waals surface area contributed by atoms with Gasteiger partial charge in [-0.25, -0.2) is 5.01 Å². The summed E-state index contributed by atoms with van der Waals surface area (Å²) in [6, 6.07) is 12.5. The Hall–Kier alpha value is -1.98. The highest BCUT2D eigenvalue weighted by Gasteiger charge is 2.33. The highest BCUT2D eigenvalue weighted by molar-refractivity contribution is 7.12. The third-order valence-corrected chi connectivity index (χ3v) is 5.61. The molecule has 0 radical (unpaired) electrons. The van der Waals surface area contributed by atoms with Gasteiger partial charge in [-0.3, -0.25) is 9.69 Å². The normalized spacial score (nSPS) is 17.2. The van der Waals surface area contributed by atoms with E-state index in [0.717, 1.165) is 35.7 Å². The Labute approximate surface area is 153 Å². The molecule has 0 N–H and O–H groups in total. The molecule has 2 aromatic rings. The number of likely N-dealkylation sites (N-methyl/N-ethyl adjacent to an activating group) is 1. The number of carbonyl (C=O) groups excluding carboxylic acids is 1. The molecule has 2 heterocycles. The molecule has 5 heteroatoms. The van der Waals surface area contributed by atoms with Crippen LogP contribution in [0.3, 0.4) is 0 Å². The summed E-state index contributed by atoms with van der Waals surface area (Å²) in [5, 5.41) is 8.48. The number of hydrogen-bond donors (Lipinski definition) is 0. The fraction of sp³-hybridized carbons (Fsp3) is 0.400.